The summed E-state index contributed by atoms with van der Waals surface area (Å²) in [7, 11) is 4.58. The number of nitrogens with one attached hydrogen (secondary N) is 1. The number of piperidine rings is 1. The molecule has 5 aliphatic rings. The Morgan fingerprint density at radius 3 is 2.24 bits per heavy atom. The Bertz CT molecular complexity index is 5160. The maximum Gasteiger partial charge on any atom is 0.329 e. The molecule has 1 aliphatic carbocycles. The Labute approximate surface area is 794 Å². The highest BCUT2D eigenvalue weighted by molar-refractivity contribution is 6.39. The van der Waals surface area contributed by atoms with Crippen LogP contribution in [0, 0.1) is 29.6 Å². The van der Waals surface area contributed by atoms with Crippen LogP contribution in [0.5, 0.6) is 0 Å². The molecule has 5 aromatic heterocycles. The molecule has 38 nitrogen and oxygen atoms in total. The third-order valence-electron chi connectivity index (χ3n) is 26.4. The van der Waals surface area contributed by atoms with Crippen LogP contribution >= 0.6 is 0 Å². The second kappa shape index (κ2) is 52.0. The number of fused-ring (bicyclic) bond motifs is 5. The van der Waals surface area contributed by atoms with Gasteiger partial charge in [0.15, 0.2) is 17.0 Å². The minimum Gasteiger partial charge on any atom is -0.459 e. The molecule has 10 N–H and O–H groups in total. The number of anilines is 3. The monoisotopic (exact) mass is 1890 g/mol. The fraction of sp³-hybridized carbons (Fsp3) is 0.612. The zero-order valence-corrected chi connectivity index (χ0v) is 80.0. The van der Waals surface area contributed by atoms with E-state index in [0.717, 1.165) is 51.3 Å². The summed E-state index contributed by atoms with van der Waals surface area (Å²) in [5.41, 5.74) is 27.0. The number of aryl methyl sites for hydroxylation is 1. The fourth-order valence-electron chi connectivity index (χ4n) is 18.4. The number of Topliss-reactive ketones (excluding diaryl/α,β-unsaturated/α-hetero) is 3. The highest BCUT2D eigenvalue weighted by atomic mass is 16.6. The van der Waals surface area contributed by atoms with Gasteiger partial charge in [0.2, 0.25) is 17.6 Å². The van der Waals surface area contributed by atoms with Gasteiger partial charge in [-0.1, -0.05) is 87.6 Å². The summed E-state index contributed by atoms with van der Waals surface area (Å²) in [6, 6.07) is 11.2. The smallest absolute Gasteiger partial charge is 0.329 e. The summed E-state index contributed by atoms with van der Waals surface area (Å²) in [5, 5.41) is 51.7. The number of carbonyl (C=O) groups excluding carboxylic acids is 6. The molecule has 2 amide bonds. The van der Waals surface area contributed by atoms with E-state index in [1.165, 1.54) is 13.4 Å². The number of aliphatic hydroxyl groups excluding tert-OH is 2. The number of allylic oxidation sites excluding steroid dienone is 6. The molecule has 2 bridgehead atoms. The van der Waals surface area contributed by atoms with Crippen LogP contribution < -0.4 is 27.4 Å². The molecule has 9 heterocycles. The van der Waals surface area contributed by atoms with E-state index in [2.05, 4.69) is 40.4 Å². The molecule has 1 unspecified atom stereocenters. The van der Waals surface area contributed by atoms with Gasteiger partial charge >= 0.3 is 5.97 Å². The lowest BCUT2D eigenvalue weighted by molar-refractivity contribution is -0.265. The van der Waals surface area contributed by atoms with Crippen LogP contribution in [0.25, 0.3) is 44.5 Å². The van der Waals surface area contributed by atoms with Gasteiger partial charge in [-0.05, 0) is 149 Å². The molecule has 0 radical (unpaired) electrons. The molecule has 12 rings (SSSR count). The van der Waals surface area contributed by atoms with Crippen molar-refractivity contribution in [2.75, 3.05) is 143 Å². The van der Waals surface area contributed by atoms with Crippen molar-refractivity contribution in [3.05, 3.63) is 126 Å². The van der Waals surface area contributed by atoms with Gasteiger partial charge in [-0.2, -0.15) is 10.1 Å². The van der Waals surface area contributed by atoms with Gasteiger partial charge in [0, 0.05) is 140 Å². The van der Waals surface area contributed by atoms with Crippen molar-refractivity contribution in [2.24, 2.45) is 35.3 Å². The van der Waals surface area contributed by atoms with Crippen molar-refractivity contribution in [1.82, 2.24) is 64.8 Å². The lowest BCUT2D eigenvalue weighted by Crippen LogP contribution is -2.61. The SMILES string of the molecule is CO[C@H]1C[C@@H]2CC[C@@H](C)[C@@](O)(O2)C(=O)C(=O)N2CCCC[C@H]2C(=O)O[C@H]([C@H](N)C[C@@H]2CC[C@@H](OCc3cccc(-c4cnc(N5CCN(Cc6cn(CCOCCOCCOCCOCCOCCC(=O)NCCCCn7nc(-c8ccc9oc(N)nc9c8)c8c(N)ncnc87)nn6)C(CO)C5)nc4)c3)[C@H](OC)C2)CC(=O)[C@H](C)/C=C(\C)[C@@H](O)[C@@H](OC)C(=O)[C@H](C)C[C@H](C)/C=C/C=CC=C1C. The van der Waals surface area contributed by atoms with Gasteiger partial charge < -0.3 is 104 Å². The highest BCUT2D eigenvalue weighted by Gasteiger charge is 2.53. The number of aliphatic hydroxyl groups is 3. The molecule has 742 valence electrons. The number of unbranched alkanes of at least 4 members (excludes halogenated alkanes) is 1. The fourth-order valence-corrected chi connectivity index (χ4v) is 18.4. The van der Waals surface area contributed by atoms with Gasteiger partial charge in [0.05, 0.1) is 127 Å². The first kappa shape index (κ1) is 105. The Morgan fingerprint density at radius 2 is 1.50 bits per heavy atom. The van der Waals surface area contributed by atoms with Gasteiger partial charge in [0.1, 0.15) is 53.5 Å². The summed E-state index contributed by atoms with van der Waals surface area (Å²) < 4.78 is 74.2. The number of rotatable bonds is 38. The predicted octanol–water partition coefficient (Wildman–Crippen LogP) is 8.01. The van der Waals surface area contributed by atoms with Crippen LogP contribution in [0.1, 0.15) is 149 Å². The van der Waals surface area contributed by atoms with Crippen LogP contribution in [-0.4, -0.2) is 303 Å². The minimum absolute atomic E-state index is 0.0233. The van der Waals surface area contributed by atoms with E-state index in [0.29, 0.717) is 208 Å². The van der Waals surface area contributed by atoms with Gasteiger partial charge in [-0.25, -0.2) is 34.1 Å². The second-order valence-corrected chi connectivity index (χ2v) is 36.4. The van der Waals surface area contributed by atoms with Gasteiger partial charge in [0.25, 0.3) is 17.7 Å². The van der Waals surface area contributed by atoms with Crippen LogP contribution in [0.4, 0.5) is 17.8 Å². The zero-order chi connectivity index (χ0) is 96.8. The number of aromatic nitrogens is 10. The lowest BCUT2D eigenvalue weighted by atomic mass is 9.80. The number of piperazine rings is 1. The number of carbonyl (C=O) groups is 6. The van der Waals surface area contributed by atoms with Gasteiger partial charge in [-0.3, -0.25) is 28.9 Å². The normalized spacial score (nSPS) is 26.3. The number of hydrogen-bond acceptors (Lipinski definition) is 34. The first-order valence-corrected chi connectivity index (χ1v) is 47.8. The first-order chi connectivity index (χ1) is 65.7. The molecule has 7 aromatic rings. The molecule has 16 atom stereocenters. The van der Waals surface area contributed by atoms with E-state index in [9.17, 15) is 44.1 Å². The molecule has 136 heavy (non-hydrogen) atoms. The summed E-state index contributed by atoms with van der Waals surface area (Å²) >= 11 is 0. The number of cyclic esters (lactones) is 1. The third kappa shape index (κ3) is 29.0. The predicted molar refractivity (Wildman–Crippen MR) is 506 cm³/mol. The number of ether oxygens (including phenoxy) is 11. The van der Waals surface area contributed by atoms with Crippen molar-refractivity contribution in [2.45, 2.75) is 231 Å². The van der Waals surface area contributed by atoms with Crippen LogP contribution in [0.3, 0.4) is 0 Å². The summed E-state index contributed by atoms with van der Waals surface area (Å²) in [5.74, 6) is -7.68. The minimum atomic E-state index is -2.50. The second-order valence-electron chi connectivity index (χ2n) is 36.4. The number of esters is 1. The molecule has 1 saturated carbocycles. The van der Waals surface area contributed by atoms with Crippen molar-refractivity contribution in [1.29, 1.82) is 0 Å². The van der Waals surface area contributed by atoms with Crippen LogP contribution in [-0.2, 0) is 107 Å². The number of benzene rings is 2. The Kier molecular flexibility index (Phi) is 40.1. The molecule has 4 fully saturated rings. The van der Waals surface area contributed by atoms with Crippen molar-refractivity contribution < 1.29 is 101 Å². The van der Waals surface area contributed by atoms with E-state index >= 15 is 0 Å². The Balaban J connectivity index is 0.535. The number of nitrogens with two attached hydrogens (primary N) is 3. The largest absolute Gasteiger partial charge is 0.459 e. The average Bonchev–Trinajstić information content (AvgIpc) is 1.70. The number of hydrogen-bond donors (Lipinski definition) is 7. The van der Waals surface area contributed by atoms with Crippen LogP contribution in [0.15, 0.2) is 119 Å². The third-order valence-corrected chi connectivity index (χ3v) is 26.4. The van der Waals surface area contributed by atoms with E-state index in [1.807, 2.05) is 86.8 Å². The van der Waals surface area contributed by atoms with Gasteiger partial charge in [-0.15, -0.1) is 5.10 Å². The number of methoxy groups -OCH3 is 3. The standard InChI is InChI=1S/C98H139N17O21/c1-62-18-11-10-12-19-63(2)82(125-7)52-75-26-23-67(6)98(124,136-75)91(121)94(122)114-31-15-13-22-78(114)95(123)134-83(53-79(117)64(3)47-66(5)89(120)90(127-9)88(119)65(4)46-62)76(99)49-68-24-27-81(84(50-68)126-8)133-60-69-20-17-21-70(48-69)72-54-103-97(104-55-72)112-34-33-111(74(58-112)59-116)56-73-57-113(110-108-73)35-37-129-39-41-131-43-45-132-44-42-130-40-38-128-36-29-85(118)102-30-14-16-32-115-93-86(92(100)105-61-106-93)87(109-115)71-25-28-80-77(51-71)107-96(101)135-80/h10-12,17-21,25,28,47-48,51,54-55,57,61-62,64-65,67-68,74-76,78,81-84,89-90,116,120,124H,13-16,22-24,26-27,29-46,49-50,52-53,56,58-60,99H2,1-9H3,(H2,101,107)(H,102,118)(H2,100,105,106)/b12-10?,18-11+,63-19?,66-47+/t62-,64-,65-,67-,68+,74?,75+,76-,78+,81-,82+,83+,84-,89-,90+,98-/m1/s1. The summed E-state index contributed by atoms with van der Waals surface area (Å²) in [6.07, 6.45) is 18.7. The molecule has 0 spiro atoms. The topological polar surface area (TPSA) is 491 Å². The molecule has 2 aromatic carbocycles. The van der Waals surface area contributed by atoms with E-state index < -0.39 is 83.8 Å². The quantitative estimate of drug-likeness (QED) is 0.00833. The number of nitrogens with zero attached hydrogens (tertiary/aromatic N) is 13. The maximum absolute atomic E-state index is 14.8. The number of oxazole rings is 1. The Hall–Kier alpha value is -10.1. The highest BCUT2D eigenvalue weighted by Crippen LogP contribution is 2.40. The zero-order valence-electron chi connectivity index (χ0n) is 80.0. The number of amides is 2. The summed E-state index contributed by atoms with van der Waals surface area (Å²) in [4.78, 5) is 113. The molecular formula is C98H139N17O21. The molecule has 3 saturated heterocycles. The first-order valence-electron chi connectivity index (χ1n) is 47.8. The number of ketones is 3. The summed E-state index contributed by atoms with van der Waals surface area (Å²) in [6.45, 7) is 18.5. The molecule has 38 heteroatoms. The average molecular weight is 1890 g/mol. The van der Waals surface area contributed by atoms with E-state index in [1.54, 1.807) is 75.8 Å². The lowest BCUT2D eigenvalue weighted by Gasteiger charge is -2.42. The van der Waals surface area contributed by atoms with Crippen molar-refractivity contribution >= 4 is 75.0 Å². The van der Waals surface area contributed by atoms with E-state index in [4.69, 9.17) is 88.8 Å². The van der Waals surface area contributed by atoms with Crippen LogP contribution in [0.2, 0.25) is 0 Å². The molecular weight excluding hydrogens is 1750 g/mol. The number of nitrogen functional groups attached to an aromatic ring is 2. The van der Waals surface area contributed by atoms with Crippen molar-refractivity contribution in [3.63, 3.8) is 0 Å². The maximum atomic E-state index is 14.8. The van der Waals surface area contributed by atoms with E-state index in [-0.39, 0.29) is 106 Å². The van der Waals surface area contributed by atoms with Crippen molar-refractivity contribution in [3.8, 4) is 22.4 Å². The molecule has 4 aliphatic heterocycles. The Morgan fingerprint density at radius 1 is 0.750 bits per heavy atom.